The molecule has 2 atom stereocenters. The third-order valence-electron chi connectivity index (χ3n) is 6.99. The predicted molar refractivity (Wildman–Crippen MR) is 134 cm³/mol. The van der Waals surface area contributed by atoms with Crippen molar-refractivity contribution in [2.45, 2.75) is 43.7 Å². The Labute approximate surface area is 213 Å². The predicted octanol–water partition coefficient (Wildman–Crippen LogP) is 2.98. The molecule has 0 radical (unpaired) electrons. The van der Waals surface area contributed by atoms with E-state index in [1.807, 2.05) is 0 Å². The summed E-state index contributed by atoms with van der Waals surface area (Å²) in [4.78, 5) is 37.5. The van der Waals surface area contributed by atoms with E-state index in [0.29, 0.717) is 58.3 Å². The van der Waals surface area contributed by atoms with E-state index < -0.39 is 17.3 Å². The first-order valence-electron chi connectivity index (χ1n) is 11.7. The van der Waals surface area contributed by atoms with Gasteiger partial charge in [-0.15, -0.1) is 0 Å². The number of primary amides is 1. The number of nitrogens with zero attached hydrogens (tertiary/aromatic N) is 5. The molecule has 2 aliphatic rings. The van der Waals surface area contributed by atoms with Crippen LogP contribution in [0.5, 0.6) is 0 Å². The number of nitrogens with two attached hydrogens (primary N) is 1. The number of hydrogen-bond acceptors (Lipinski definition) is 7. The van der Waals surface area contributed by atoms with Gasteiger partial charge in [-0.25, -0.2) is 14.1 Å². The van der Waals surface area contributed by atoms with Crippen molar-refractivity contribution in [2.24, 2.45) is 11.7 Å². The normalized spacial score (nSPS) is 20.5. The van der Waals surface area contributed by atoms with Gasteiger partial charge in [0.1, 0.15) is 15.7 Å². The summed E-state index contributed by atoms with van der Waals surface area (Å²) >= 11 is 3.44. The molecule has 2 fully saturated rings. The summed E-state index contributed by atoms with van der Waals surface area (Å²) in [5, 5.41) is 12.0. The van der Waals surface area contributed by atoms with Crippen molar-refractivity contribution < 1.29 is 14.0 Å². The van der Waals surface area contributed by atoms with E-state index in [0.717, 1.165) is 6.42 Å². The van der Waals surface area contributed by atoms with Gasteiger partial charge in [-0.2, -0.15) is 10.1 Å². The molecular formula is C24H22BrFN8O2. The number of carbonyl (C=O) groups excluding carboxylic acids is 2. The second kappa shape index (κ2) is 8.47. The Bertz CT molecular complexity index is 1540. The number of rotatable bonds is 6. The Morgan fingerprint density at radius 3 is 2.83 bits per heavy atom. The fourth-order valence-electron chi connectivity index (χ4n) is 4.80. The van der Waals surface area contributed by atoms with Gasteiger partial charge in [0.25, 0.3) is 0 Å². The highest BCUT2D eigenvalue weighted by atomic mass is 79.9. The van der Waals surface area contributed by atoms with Crippen LogP contribution in [0.3, 0.4) is 0 Å². The quantitative estimate of drug-likeness (QED) is 0.334. The topological polar surface area (TPSA) is 141 Å². The summed E-state index contributed by atoms with van der Waals surface area (Å²) in [5.74, 6) is -0.884. The van der Waals surface area contributed by atoms with Crippen molar-refractivity contribution in [1.29, 1.82) is 0 Å². The van der Waals surface area contributed by atoms with E-state index in [2.05, 4.69) is 46.6 Å². The lowest BCUT2D eigenvalue weighted by Crippen LogP contribution is -2.48. The first kappa shape index (κ1) is 22.8. The van der Waals surface area contributed by atoms with Gasteiger partial charge in [0.15, 0.2) is 11.5 Å². The third kappa shape index (κ3) is 3.94. The minimum Gasteiger partial charge on any atom is -0.368 e. The highest BCUT2D eigenvalue weighted by molar-refractivity contribution is 9.10. The first-order valence-corrected chi connectivity index (χ1v) is 12.5. The number of nitrogens with one attached hydrogen (secondary N) is 2. The van der Waals surface area contributed by atoms with Gasteiger partial charge in [0.05, 0.1) is 11.1 Å². The van der Waals surface area contributed by atoms with E-state index in [4.69, 9.17) is 5.73 Å². The molecule has 1 aromatic carbocycles. The first-order chi connectivity index (χ1) is 17.3. The molecule has 0 unspecified atom stereocenters. The number of benzene rings is 1. The average molecular weight is 553 g/mol. The van der Waals surface area contributed by atoms with Crippen LogP contribution in [0, 0.1) is 11.7 Å². The van der Waals surface area contributed by atoms with Crippen molar-refractivity contribution in [3.63, 3.8) is 0 Å². The van der Waals surface area contributed by atoms with E-state index in [1.54, 1.807) is 35.3 Å². The van der Waals surface area contributed by atoms with Crippen molar-refractivity contribution in [1.82, 2.24) is 30.0 Å². The van der Waals surface area contributed by atoms with Gasteiger partial charge in [0, 0.05) is 35.8 Å². The number of carbonyl (C=O) groups is 2. The molecule has 184 valence electrons. The zero-order valence-electron chi connectivity index (χ0n) is 19.0. The van der Waals surface area contributed by atoms with E-state index in [1.165, 1.54) is 6.07 Å². The Hall–Kier alpha value is -3.67. The summed E-state index contributed by atoms with van der Waals surface area (Å²) < 4.78 is 16.8. The van der Waals surface area contributed by atoms with Gasteiger partial charge in [-0.3, -0.25) is 14.6 Å². The Balaban J connectivity index is 1.23. The van der Waals surface area contributed by atoms with Crippen LogP contribution >= 0.6 is 15.9 Å². The third-order valence-corrected chi connectivity index (χ3v) is 7.57. The standard InChI is InChI=1S/C24H22BrFN8O2/c25-19-16-11-29-23(30-14-4-3-13(8-14)21(35)32-24(5-6-24)22(27)36)31-20(16)34(33-19)15-9-12-2-1-7-28-18(12)17(26)10-15/h1-2,7,9-11,13-14H,3-6,8H2,(H2,27,36)(H,32,35)(H,29,30,31)/t13-,14-/m1/s1. The van der Waals surface area contributed by atoms with E-state index >= 15 is 0 Å². The molecule has 4 N–H and O–H groups in total. The molecule has 3 aromatic heterocycles. The van der Waals surface area contributed by atoms with Gasteiger partial charge in [-0.1, -0.05) is 6.07 Å². The maximum absolute atomic E-state index is 14.7. The van der Waals surface area contributed by atoms with Crippen molar-refractivity contribution in [3.05, 3.63) is 47.1 Å². The van der Waals surface area contributed by atoms with Crippen LogP contribution in [0.1, 0.15) is 32.1 Å². The Morgan fingerprint density at radius 2 is 2.06 bits per heavy atom. The lowest BCUT2D eigenvalue weighted by Gasteiger charge is -2.17. The molecule has 2 aliphatic carbocycles. The summed E-state index contributed by atoms with van der Waals surface area (Å²) in [7, 11) is 0. The number of fused-ring (bicyclic) bond motifs is 2. The molecular weight excluding hydrogens is 531 g/mol. The van der Waals surface area contributed by atoms with Crippen LogP contribution in [0.25, 0.3) is 27.6 Å². The van der Waals surface area contributed by atoms with Crippen LogP contribution in [0.4, 0.5) is 10.3 Å². The van der Waals surface area contributed by atoms with E-state index in [9.17, 15) is 14.0 Å². The molecule has 0 spiro atoms. The molecule has 12 heteroatoms. The van der Waals surface area contributed by atoms with Crippen molar-refractivity contribution in [2.75, 3.05) is 5.32 Å². The molecule has 2 amide bonds. The molecule has 10 nitrogen and oxygen atoms in total. The molecule has 0 bridgehead atoms. The van der Waals surface area contributed by atoms with Gasteiger partial charge in [0.2, 0.25) is 17.8 Å². The molecule has 4 aromatic rings. The number of aromatic nitrogens is 5. The summed E-state index contributed by atoms with van der Waals surface area (Å²) in [6, 6.07) is 6.71. The highest BCUT2D eigenvalue weighted by Gasteiger charge is 2.50. The molecule has 2 saturated carbocycles. The summed E-state index contributed by atoms with van der Waals surface area (Å²) in [6.07, 6.45) is 6.43. The number of hydrogen-bond donors (Lipinski definition) is 3. The average Bonchev–Trinajstić information content (AvgIpc) is 3.37. The number of pyridine rings is 1. The van der Waals surface area contributed by atoms with Gasteiger partial charge in [-0.05, 0) is 60.2 Å². The van der Waals surface area contributed by atoms with Gasteiger partial charge >= 0.3 is 0 Å². The number of amides is 2. The van der Waals surface area contributed by atoms with Crippen LogP contribution in [0.2, 0.25) is 0 Å². The molecule has 6 rings (SSSR count). The summed E-state index contributed by atoms with van der Waals surface area (Å²) in [6.45, 7) is 0. The summed E-state index contributed by atoms with van der Waals surface area (Å²) in [5.41, 5.74) is 5.87. The smallest absolute Gasteiger partial charge is 0.243 e. The number of anilines is 1. The zero-order valence-corrected chi connectivity index (χ0v) is 20.6. The number of halogens is 2. The second-order valence-corrected chi connectivity index (χ2v) is 10.2. The minimum atomic E-state index is -0.860. The molecule has 0 saturated heterocycles. The van der Waals surface area contributed by atoms with Crippen LogP contribution in [-0.4, -0.2) is 48.1 Å². The SMILES string of the molecule is NC(=O)C1(NC(=O)[C@@H]2CC[C@@H](Nc3ncc4c(Br)nn(-c5cc(F)c6ncccc6c5)c4n3)C2)CC1. The fraction of sp³-hybridized carbons (Fsp3) is 0.333. The zero-order chi connectivity index (χ0) is 25.0. The maximum Gasteiger partial charge on any atom is 0.243 e. The largest absolute Gasteiger partial charge is 0.368 e. The lowest BCUT2D eigenvalue weighted by molar-refractivity contribution is -0.130. The lowest BCUT2D eigenvalue weighted by atomic mass is 10.1. The fourth-order valence-corrected chi connectivity index (χ4v) is 5.24. The second-order valence-electron chi connectivity index (χ2n) is 9.42. The molecule has 3 heterocycles. The van der Waals surface area contributed by atoms with Crippen LogP contribution in [-0.2, 0) is 9.59 Å². The Kier molecular flexibility index (Phi) is 5.36. The Morgan fingerprint density at radius 1 is 1.22 bits per heavy atom. The van der Waals surface area contributed by atoms with Crippen LogP contribution in [0.15, 0.2) is 41.3 Å². The minimum absolute atomic E-state index is 0.00840. The molecule has 0 aliphatic heterocycles. The van der Waals surface area contributed by atoms with Crippen molar-refractivity contribution >= 4 is 55.6 Å². The maximum atomic E-state index is 14.7. The van der Waals surface area contributed by atoms with Crippen molar-refractivity contribution in [3.8, 4) is 5.69 Å². The molecule has 36 heavy (non-hydrogen) atoms. The monoisotopic (exact) mass is 552 g/mol. The van der Waals surface area contributed by atoms with Crippen LogP contribution < -0.4 is 16.4 Å². The van der Waals surface area contributed by atoms with Gasteiger partial charge < -0.3 is 16.4 Å². The highest BCUT2D eigenvalue weighted by Crippen LogP contribution is 2.37. The van der Waals surface area contributed by atoms with E-state index in [-0.39, 0.29) is 23.4 Å².